The van der Waals surface area contributed by atoms with Gasteiger partial charge in [-0.1, -0.05) is 6.08 Å². The number of hydrogen-bond acceptors (Lipinski definition) is 2. The van der Waals surface area contributed by atoms with Gasteiger partial charge in [0.15, 0.2) is 0 Å². The SMILES string of the molecule is COCn1cc(C2=CCC(F)(F)CC2)cn1. The third-order valence-electron chi connectivity index (χ3n) is 2.67. The second kappa shape index (κ2) is 4.33. The van der Waals surface area contributed by atoms with Gasteiger partial charge in [-0.3, -0.25) is 0 Å². The first kappa shape index (κ1) is 11.3. The Morgan fingerprint density at radius 1 is 1.56 bits per heavy atom. The molecule has 0 aromatic carbocycles. The molecule has 0 radical (unpaired) electrons. The molecule has 16 heavy (non-hydrogen) atoms. The maximum Gasteiger partial charge on any atom is 0.251 e. The average Bonchev–Trinajstić information content (AvgIpc) is 2.67. The van der Waals surface area contributed by atoms with E-state index in [1.54, 1.807) is 24.1 Å². The van der Waals surface area contributed by atoms with Gasteiger partial charge in [0.25, 0.3) is 5.92 Å². The molecule has 88 valence electrons. The van der Waals surface area contributed by atoms with Gasteiger partial charge in [0.2, 0.25) is 0 Å². The molecular formula is C11H14F2N2O. The van der Waals surface area contributed by atoms with Crippen molar-refractivity contribution in [1.82, 2.24) is 9.78 Å². The van der Waals surface area contributed by atoms with Crippen LogP contribution in [-0.4, -0.2) is 22.8 Å². The van der Waals surface area contributed by atoms with Crippen molar-refractivity contribution < 1.29 is 13.5 Å². The number of methoxy groups -OCH3 is 1. The molecular weight excluding hydrogens is 214 g/mol. The predicted octanol–water partition coefficient (Wildman–Crippen LogP) is 2.69. The number of allylic oxidation sites excluding steroid dienone is 2. The molecule has 5 heteroatoms. The topological polar surface area (TPSA) is 27.1 Å². The predicted molar refractivity (Wildman–Crippen MR) is 56.0 cm³/mol. The molecule has 0 aliphatic heterocycles. The summed E-state index contributed by atoms with van der Waals surface area (Å²) in [5.74, 6) is -2.54. The van der Waals surface area contributed by atoms with Gasteiger partial charge in [0.1, 0.15) is 6.73 Å². The molecule has 1 aromatic rings. The number of aromatic nitrogens is 2. The lowest BCUT2D eigenvalue weighted by Crippen LogP contribution is -2.18. The van der Waals surface area contributed by atoms with Crippen LogP contribution in [0.5, 0.6) is 0 Å². The molecule has 2 rings (SSSR count). The highest BCUT2D eigenvalue weighted by atomic mass is 19.3. The smallest absolute Gasteiger partial charge is 0.251 e. The first-order chi connectivity index (χ1) is 7.61. The van der Waals surface area contributed by atoms with Crippen LogP contribution in [0.3, 0.4) is 0 Å². The minimum absolute atomic E-state index is 0.0751. The number of hydrogen-bond donors (Lipinski definition) is 0. The van der Waals surface area contributed by atoms with Crippen LogP contribution >= 0.6 is 0 Å². The monoisotopic (exact) mass is 228 g/mol. The maximum absolute atomic E-state index is 12.9. The summed E-state index contributed by atoms with van der Waals surface area (Å²) >= 11 is 0. The fraction of sp³-hybridized carbons (Fsp3) is 0.545. The van der Waals surface area contributed by atoms with E-state index in [9.17, 15) is 8.78 Å². The van der Waals surface area contributed by atoms with Crippen LogP contribution in [0.25, 0.3) is 5.57 Å². The largest absolute Gasteiger partial charge is 0.362 e. The molecule has 1 aliphatic carbocycles. The Hall–Kier alpha value is -1.23. The zero-order valence-electron chi connectivity index (χ0n) is 9.12. The van der Waals surface area contributed by atoms with Crippen LogP contribution in [0.1, 0.15) is 24.8 Å². The summed E-state index contributed by atoms with van der Waals surface area (Å²) in [6.45, 7) is 0.378. The third kappa shape index (κ3) is 2.47. The van der Waals surface area contributed by atoms with Crippen LogP contribution in [0.2, 0.25) is 0 Å². The van der Waals surface area contributed by atoms with Crippen LogP contribution < -0.4 is 0 Å². The van der Waals surface area contributed by atoms with Crippen molar-refractivity contribution in [3.63, 3.8) is 0 Å². The van der Waals surface area contributed by atoms with Crippen LogP contribution in [0.15, 0.2) is 18.5 Å². The van der Waals surface area contributed by atoms with E-state index in [0.717, 1.165) is 11.1 Å². The van der Waals surface area contributed by atoms with Gasteiger partial charge >= 0.3 is 0 Å². The Morgan fingerprint density at radius 3 is 3.00 bits per heavy atom. The Bertz CT molecular complexity index is 398. The van der Waals surface area contributed by atoms with Gasteiger partial charge in [-0.05, 0) is 12.0 Å². The first-order valence-corrected chi connectivity index (χ1v) is 5.19. The number of rotatable bonds is 3. The number of ether oxygens (including phenoxy) is 1. The molecule has 1 heterocycles. The Morgan fingerprint density at radius 2 is 2.38 bits per heavy atom. The highest BCUT2D eigenvalue weighted by molar-refractivity contribution is 5.65. The molecule has 1 aliphatic rings. The standard InChI is InChI=1S/C11H14F2N2O/c1-16-8-15-7-10(6-14-15)9-2-4-11(12,13)5-3-9/h2,6-7H,3-5,8H2,1H3. The summed E-state index contributed by atoms with van der Waals surface area (Å²) in [5.41, 5.74) is 1.86. The van der Waals surface area contributed by atoms with Crippen LogP contribution in [-0.2, 0) is 11.5 Å². The van der Waals surface area contributed by atoms with E-state index in [0.29, 0.717) is 13.2 Å². The minimum Gasteiger partial charge on any atom is -0.362 e. The van der Waals surface area contributed by atoms with Gasteiger partial charge < -0.3 is 4.74 Å². The third-order valence-corrected chi connectivity index (χ3v) is 2.67. The average molecular weight is 228 g/mol. The fourth-order valence-electron chi connectivity index (χ4n) is 1.79. The summed E-state index contributed by atoms with van der Waals surface area (Å²) in [6.07, 6.45) is 5.28. The minimum atomic E-state index is -2.54. The van der Waals surface area contributed by atoms with Crippen molar-refractivity contribution in [2.45, 2.75) is 31.9 Å². The molecule has 0 saturated heterocycles. The van der Waals surface area contributed by atoms with Gasteiger partial charge in [0, 0.05) is 31.7 Å². The van der Waals surface area contributed by atoms with Crippen molar-refractivity contribution in [1.29, 1.82) is 0 Å². The summed E-state index contributed by atoms with van der Waals surface area (Å²) in [4.78, 5) is 0. The summed E-state index contributed by atoms with van der Waals surface area (Å²) < 4.78 is 32.4. The van der Waals surface area contributed by atoms with Gasteiger partial charge in [-0.2, -0.15) is 5.10 Å². The second-order valence-corrected chi connectivity index (χ2v) is 3.98. The number of nitrogens with zero attached hydrogens (tertiary/aromatic N) is 2. The van der Waals surface area contributed by atoms with E-state index in [4.69, 9.17) is 4.74 Å². The fourth-order valence-corrected chi connectivity index (χ4v) is 1.79. The number of halogens is 2. The van der Waals surface area contributed by atoms with Crippen molar-refractivity contribution in [3.05, 3.63) is 24.0 Å². The zero-order valence-corrected chi connectivity index (χ0v) is 9.12. The van der Waals surface area contributed by atoms with Gasteiger partial charge in [0.05, 0.1) is 6.20 Å². The molecule has 1 aromatic heterocycles. The first-order valence-electron chi connectivity index (χ1n) is 5.19. The quantitative estimate of drug-likeness (QED) is 0.795. The second-order valence-electron chi connectivity index (χ2n) is 3.98. The summed E-state index contributed by atoms with van der Waals surface area (Å²) in [6, 6.07) is 0. The van der Waals surface area contributed by atoms with E-state index >= 15 is 0 Å². The molecule has 0 N–H and O–H groups in total. The molecule has 0 spiro atoms. The maximum atomic E-state index is 12.9. The van der Waals surface area contributed by atoms with Crippen molar-refractivity contribution in [2.75, 3.05) is 7.11 Å². The lowest BCUT2D eigenvalue weighted by Gasteiger charge is -2.20. The molecule has 0 bridgehead atoms. The van der Waals surface area contributed by atoms with Crippen molar-refractivity contribution in [2.24, 2.45) is 0 Å². The van der Waals surface area contributed by atoms with Gasteiger partial charge in [-0.25, -0.2) is 13.5 Å². The van der Waals surface area contributed by atoms with E-state index in [-0.39, 0.29) is 12.8 Å². The van der Waals surface area contributed by atoms with Crippen molar-refractivity contribution >= 4 is 5.57 Å². The zero-order chi connectivity index (χ0) is 11.6. The molecule has 0 atom stereocenters. The van der Waals surface area contributed by atoms with Crippen LogP contribution in [0.4, 0.5) is 8.78 Å². The van der Waals surface area contributed by atoms with E-state index in [1.165, 1.54) is 0 Å². The van der Waals surface area contributed by atoms with Crippen molar-refractivity contribution in [3.8, 4) is 0 Å². The van der Waals surface area contributed by atoms with E-state index in [1.807, 2.05) is 6.20 Å². The molecule has 0 unspecified atom stereocenters. The Balaban J connectivity index is 2.10. The summed E-state index contributed by atoms with van der Waals surface area (Å²) in [5, 5.41) is 4.08. The normalized spacial score (nSPS) is 19.6. The number of alkyl halides is 2. The van der Waals surface area contributed by atoms with Gasteiger partial charge in [-0.15, -0.1) is 0 Å². The Labute approximate surface area is 92.7 Å². The molecule has 0 saturated carbocycles. The highest BCUT2D eigenvalue weighted by Gasteiger charge is 2.31. The molecule has 3 nitrogen and oxygen atoms in total. The van der Waals surface area contributed by atoms with E-state index < -0.39 is 5.92 Å². The van der Waals surface area contributed by atoms with E-state index in [2.05, 4.69) is 5.10 Å². The Kier molecular flexibility index (Phi) is 3.05. The summed E-state index contributed by atoms with van der Waals surface area (Å²) in [7, 11) is 1.59. The molecule has 0 amide bonds. The highest BCUT2D eigenvalue weighted by Crippen LogP contribution is 2.35. The molecule has 0 fully saturated rings. The lowest BCUT2D eigenvalue weighted by molar-refractivity contribution is -0.00603. The lowest BCUT2D eigenvalue weighted by atomic mass is 9.93. The van der Waals surface area contributed by atoms with Crippen LogP contribution in [0, 0.1) is 0 Å².